The number of carbonyl (C=O) groups excluding carboxylic acids is 2. The lowest BCUT2D eigenvalue weighted by atomic mass is 10.0. The molecule has 1 unspecified atom stereocenters. The molecule has 1 heterocycles. The molecule has 0 bridgehead atoms. The predicted molar refractivity (Wildman–Crippen MR) is 88.6 cm³/mol. The Morgan fingerprint density at radius 1 is 1.12 bits per heavy atom. The third kappa shape index (κ3) is 4.02. The number of hydrogen-bond donors (Lipinski definition) is 1. The molecule has 1 aliphatic heterocycles. The molecule has 1 fully saturated rings. The Kier molecular flexibility index (Phi) is 5.07. The van der Waals surface area contributed by atoms with Crippen LogP contribution in [0, 0.1) is 11.6 Å². The van der Waals surface area contributed by atoms with Crippen LogP contribution in [0.2, 0.25) is 0 Å². The number of nitrogens with one attached hydrogen (secondary N) is 1. The first kappa shape index (κ1) is 17.1. The third-order valence-electron chi connectivity index (χ3n) is 4.23. The molecule has 25 heavy (non-hydrogen) atoms. The second-order valence-electron chi connectivity index (χ2n) is 5.96. The number of halogens is 2. The van der Waals surface area contributed by atoms with Gasteiger partial charge in [0.25, 0.3) is 0 Å². The minimum atomic E-state index is -0.769. The van der Waals surface area contributed by atoms with Gasteiger partial charge in [0.2, 0.25) is 11.8 Å². The predicted octanol–water partition coefficient (Wildman–Crippen LogP) is 2.60. The summed E-state index contributed by atoms with van der Waals surface area (Å²) < 4.78 is 26.4. The summed E-state index contributed by atoms with van der Waals surface area (Å²) in [5, 5.41) is 2.74. The Morgan fingerprint density at radius 3 is 2.60 bits per heavy atom. The first-order chi connectivity index (χ1) is 12.0. The van der Waals surface area contributed by atoms with Gasteiger partial charge in [0.1, 0.15) is 17.7 Å². The molecule has 1 N–H and O–H groups in total. The third-order valence-corrected chi connectivity index (χ3v) is 4.23. The van der Waals surface area contributed by atoms with Crippen molar-refractivity contribution in [3.63, 3.8) is 0 Å². The van der Waals surface area contributed by atoms with E-state index in [0.29, 0.717) is 25.1 Å². The minimum absolute atomic E-state index is 0.175. The van der Waals surface area contributed by atoms with Crippen LogP contribution < -0.4 is 5.32 Å². The number of hydrogen-bond acceptors (Lipinski definition) is 2. The van der Waals surface area contributed by atoms with E-state index in [2.05, 4.69) is 5.32 Å². The monoisotopic (exact) mass is 344 g/mol. The van der Waals surface area contributed by atoms with Gasteiger partial charge in [-0.1, -0.05) is 24.3 Å². The second-order valence-corrected chi connectivity index (χ2v) is 5.96. The molecule has 6 heteroatoms. The fourth-order valence-corrected chi connectivity index (χ4v) is 3.00. The van der Waals surface area contributed by atoms with Gasteiger partial charge in [-0.25, -0.2) is 8.78 Å². The summed E-state index contributed by atoms with van der Waals surface area (Å²) in [4.78, 5) is 26.4. The van der Waals surface area contributed by atoms with Gasteiger partial charge in [-0.05, 0) is 41.8 Å². The van der Waals surface area contributed by atoms with Crippen LogP contribution in [0.3, 0.4) is 0 Å². The Hall–Kier alpha value is -2.76. The zero-order valence-corrected chi connectivity index (χ0v) is 13.5. The topological polar surface area (TPSA) is 49.4 Å². The molecule has 2 amide bonds. The van der Waals surface area contributed by atoms with Crippen molar-refractivity contribution in [1.82, 2.24) is 10.2 Å². The Balaban J connectivity index is 1.74. The number of piperazine rings is 1. The molecule has 0 radical (unpaired) electrons. The van der Waals surface area contributed by atoms with Gasteiger partial charge >= 0.3 is 0 Å². The van der Waals surface area contributed by atoms with Crippen LogP contribution >= 0.6 is 0 Å². The smallest absolute Gasteiger partial charge is 0.247 e. The van der Waals surface area contributed by atoms with Crippen LogP contribution in [-0.4, -0.2) is 29.8 Å². The summed E-state index contributed by atoms with van der Waals surface area (Å²) >= 11 is 0. The second kappa shape index (κ2) is 7.42. The molecule has 1 aliphatic rings. The summed E-state index contributed by atoms with van der Waals surface area (Å²) in [5.74, 6) is -1.21. The van der Waals surface area contributed by atoms with E-state index in [1.54, 1.807) is 12.1 Å². The van der Waals surface area contributed by atoms with Gasteiger partial charge in [0, 0.05) is 19.5 Å². The van der Waals surface area contributed by atoms with Crippen molar-refractivity contribution in [2.75, 3.05) is 13.1 Å². The summed E-state index contributed by atoms with van der Waals surface area (Å²) in [6, 6.07) is 10.9. The molecule has 130 valence electrons. The number of amides is 2. The van der Waals surface area contributed by atoms with Crippen LogP contribution in [0.15, 0.2) is 48.5 Å². The SMILES string of the molecule is O=C1NCCN(C(=O)CCc2cccc(F)c2)C1c1ccc(F)cc1. The van der Waals surface area contributed by atoms with E-state index in [4.69, 9.17) is 0 Å². The highest BCUT2D eigenvalue weighted by atomic mass is 19.1. The van der Waals surface area contributed by atoms with Crippen LogP contribution in [0.25, 0.3) is 0 Å². The highest BCUT2D eigenvalue weighted by Crippen LogP contribution is 2.24. The van der Waals surface area contributed by atoms with Crippen LogP contribution in [0.4, 0.5) is 8.78 Å². The summed E-state index contributed by atoms with van der Waals surface area (Å²) in [6.07, 6.45) is 0.569. The lowest BCUT2D eigenvalue weighted by Crippen LogP contribution is -2.52. The van der Waals surface area contributed by atoms with Crippen molar-refractivity contribution in [1.29, 1.82) is 0 Å². The van der Waals surface area contributed by atoms with Crippen molar-refractivity contribution in [3.05, 3.63) is 71.3 Å². The quantitative estimate of drug-likeness (QED) is 0.927. The van der Waals surface area contributed by atoms with Crippen LogP contribution in [-0.2, 0) is 16.0 Å². The van der Waals surface area contributed by atoms with E-state index in [0.717, 1.165) is 5.56 Å². The molecule has 0 aliphatic carbocycles. The van der Waals surface area contributed by atoms with Crippen molar-refractivity contribution in [2.24, 2.45) is 0 Å². The van der Waals surface area contributed by atoms with Crippen LogP contribution in [0.1, 0.15) is 23.6 Å². The maximum Gasteiger partial charge on any atom is 0.247 e. The van der Waals surface area contributed by atoms with Gasteiger partial charge in [0.05, 0.1) is 0 Å². The fourth-order valence-electron chi connectivity index (χ4n) is 3.00. The van der Waals surface area contributed by atoms with Gasteiger partial charge in [-0.3, -0.25) is 9.59 Å². The fraction of sp³-hybridized carbons (Fsp3) is 0.263. The standard InChI is InChI=1S/C19H18F2N2O2/c20-15-7-5-14(6-8-15)18-19(25)22-10-11-23(18)17(24)9-4-13-2-1-3-16(21)12-13/h1-3,5-8,12,18H,4,9-11H2,(H,22,25). The Bertz CT molecular complexity index is 777. The maximum atomic E-state index is 13.2. The largest absolute Gasteiger partial charge is 0.352 e. The lowest BCUT2D eigenvalue weighted by molar-refractivity contribution is -0.143. The van der Waals surface area contributed by atoms with E-state index < -0.39 is 11.9 Å². The van der Waals surface area contributed by atoms with Crippen molar-refractivity contribution in [2.45, 2.75) is 18.9 Å². The highest BCUT2D eigenvalue weighted by Gasteiger charge is 2.33. The van der Waals surface area contributed by atoms with Crippen molar-refractivity contribution < 1.29 is 18.4 Å². The summed E-state index contributed by atoms with van der Waals surface area (Å²) in [6.45, 7) is 0.762. The first-order valence-electron chi connectivity index (χ1n) is 8.11. The molecular weight excluding hydrogens is 326 g/mol. The molecule has 1 atom stereocenters. The normalized spacial score (nSPS) is 17.3. The molecular formula is C19H18F2N2O2. The van der Waals surface area contributed by atoms with E-state index >= 15 is 0 Å². The van der Waals surface area contributed by atoms with Gasteiger partial charge in [-0.15, -0.1) is 0 Å². The number of nitrogens with zero attached hydrogens (tertiary/aromatic N) is 1. The van der Waals surface area contributed by atoms with E-state index in [1.165, 1.54) is 41.3 Å². The molecule has 1 saturated heterocycles. The van der Waals surface area contributed by atoms with Crippen molar-refractivity contribution >= 4 is 11.8 Å². The van der Waals surface area contributed by atoms with E-state index in [1.807, 2.05) is 0 Å². The summed E-state index contributed by atoms with van der Waals surface area (Å²) in [7, 11) is 0. The molecule has 3 rings (SSSR count). The average Bonchev–Trinajstić information content (AvgIpc) is 2.60. The van der Waals surface area contributed by atoms with Crippen molar-refractivity contribution in [3.8, 4) is 0 Å². The average molecular weight is 344 g/mol. The Labute approximate surface area is 144 Å². The number of benzene rings is 2. The first-order valence-corrected chi connectivity index (χ1v) is 8.11. The molecule has 0 saturated carbocycles. The van der Waals surface area contributed by atoms with E-state index in [-0.39, 0.29) is 24.1 Å². The zero-order chi connectivity index (χ0) is 17.8. The number of carbonyl (C=O) groups is 2. The molecule has 0 spiro atoms. The van der Waals surface area contributed by atoms with Crippen LogP contribution in [0.5, 0.6) is 0 Å². The molecule has 0 aromatic heterocycles. The Morgan fingerprint density at radius 2 is 1.88 bits per heavy atom. The zero-order valence-electron chi connectivity index (χ0n) is 13.5. The minimum Gasteiger partial charge on any atom is -0.352 e. The number of aryl methyl sites for hydroxylation is 1. The van der Waals surface area contributed by atoms with Gasteiger partial charge < -0.3 is 10.2 Å². The lowest BCUT2D eigenvalue weighted by Gasteiger charge is -2.35. The highest BCUT2D eigenvalue weighted by molar-refractivity contribution is 5.89. The van der Waals surface area contributed by atoms with Gasteiger partial charge in [0.15, 0.2) is 0 Å². The molecule has 2 aromatic carbocycles. The van der Waals surface area contributed by atoms with E-state index in [9.17, 15) is 18.4 Å². The maximum absolute atomic E-state index is 13.2. The molecule has 2 aromatic rings. The van der Waals surface area contributed by atoms with Gasteiger partial charge in [-0.2, -0.15) is 0 Å². The number of rotatable bonds is 4. The summed E-state index contributed by atoms with van der Waals surface area (Å²) in [5.41, 5.74) is 1.30. The molecule has 4 nitrogen and oxygen atoms in total.